The van der Waals surface area contributed by atoms with Crippen LogP contribution in [0, 0.1) is 0 Å². The molecule has 0 radical (unpaired) electrons. The Hall–Kier alpha value is -1.16. The molecule has 10 heteroatoms. The van der Waals surface area contributed by atoms with Gasteiger partial charge in [-0.2, -0.15) is 0 Å². The fourth-order valence-corrected chi connectivity index (χ4v) is 9.04. The van der Waals surface area contributed by atoms with Crippen molar-refractivity contribution in [3.05, 3.63) is 29.3 Å². The lowest BCUT2D eigenvalue weighted by Crippen LogP contribution is -2.58. The molecule has 2 saturated heterocycles. The summed E-state index contributed by atoms with van der Waals surface area (Å²) < 4.78 is 49.2. The molecule has 166 valence electrons. The van der Waals surface area contributed by atoms with Crippen LogP contribution >= 0.6 is 11.6 Å². The summed E-state index contributed by atoms with van der Waals surface area (Å²) in [5.41, 5.74) is 0. The zero-order chi connectivity index (χ0) is 21.6. The number of sulfone groups is 2. The van der Waals surface area contributed by atoms with Gasteiger partial charge in [0.1, 0.15) is 0 Å². The molecule has 1 amide bonds. The summed E-state index contributed by atoms with van der Waals surface area (Å²) in [6, 6.07) is 6.03. The summed E-state index contributed by atoms with van der Waals surface area (Å²) in [7, 11) is -6.81. The van der Waals surface area contributed by atoms with Gasteiger partial charge in [0, 0.05) is 37.2 Å². The van der Waals surface area contributed by atoms with E-state index in [1.54, 1.807) is 4.90 Å². The molecule has 4 rings (SSSR count). The summed E-state index contributed by atoms with van der Waals surface area (Å²) in [5, 5.41) is 0.450. The first-order chi connectivity index (χ1) is 14.1. The molecular formula is C20H27ClN2O5S2. The Morgan fingerprint density at radius 2 is 1.63 bits per heavy atom. The minimum atomic E-state index is -3.85. The number of hydrogen-bond acceptors (Lipinski definition) is 6. The Bertz CT molecular complexity index is 1010. The molecule has 1 saturated carbocycles. The average Bonchev–Trinajstić information content (AvgIpc) is 3.36. The van der Waals surface area contributed by atoms with Crippen molar-refractivity contribution < 1.29 is 21.6 Å². The number of nitrogens with zero attached hydrogens (tertiary/aromatic N) is 2. The zero-order valence-corrected chi connectivity index (χ0v) is 19.2. The number of hydrogen-bond donors (Lipinski definition) is 0. The van der Waals surface area contributed by atoms with Crippen LogP contribution in [0.5, 0.6) is 0 Å². The summed E-state index contributed by atoms with van der Waals surface area (Å²) in [6.45, 7) is 1.99. The van der Waals surface area contributed by atoms with E-state index in [-0.39, 0.29) is 28.4 Å². The molecule has 0 aromatic heterocycles. The van der Waals surface area contributed by atoms with Gasteiger partial charge < -0.3 is 4.90 Å². The predicted molar refractivity (Wildman–Crippen MR) is 115 cm³/mol. The smallest absolute Gasteiger partial charge is 0.244 e. The number of halogens is 1. The van der Waals surface area contributed by atoms with Gasteiger partial charge in [0.2, 0.25) is 5.91 Å². The molecule has 1 aromatic carbocycles. The Labute approximate surface area is 183 Å². The van der Waals surface area contributed by atoms with Crippen molar-refractivity contribution in [1.82, 2.24) is 9.80 Å². The van der Waals surface area contributed by atoms with Crippen molar-refractivity contribution in [2.45, 2.75) is 47.8 Å². The first-order valence-electron chi connectivity index (χ1n) is 10.4. The summed E-state index contributed by atoms with van der Waals surface area (Å²) in [6.07, 6.45) is 2.71. The van der Waals surface area contributed by atoms with Crippen LogP contribution < -0.4 is 0 Å². The van der Waals surface area contributed by atoms with E-state index in [9.17, 15) is 21.6 Å². The quantitative estimate of drug-likeness (QED) is 0.660. The van der Waals surface area contributed by atoms with Crippen molar-refractivity contribution in [2.75, 3.05) is 37.7 Å². The molecule has 3 fully saturated rings. The van der Waals surface area contributed by atoms with E-state index in [0.29, 0.717) is 63.3 Å². The van der Waals surface area contributed by atoms with Crippen LogP contribution in [-0.4, -0.2) is 81.0 Å². The molecule has 1 atom stereocenters. The molecule has 3 aliphatic rings. The lowest BCUT2D eigenvalue weighted by Gasteiger charge is -2.41. The lowest BCUT2D eigenvalue weighted by molar-refractivity contribution is -0.136. The van der Waals surface area contributed by atoms with Gasteiger partial charge in [-0.3, -0.25) is 9.69 Å². The molecule has 0 bridgehead atoms. The van der Waals surface area contributed by atoms with E-state index in [2.05, 4.69) is 4.90 Å². The Morgan fingerprint density at radius 3 is 2.17 bits per heavy atom. The molecule has 1 aliphatic carbocycles. The van der Waals surface area contributed by atoms with Gasteiger partial charge in [0.25, 0.3) is 0 Å². The molecule has 1 unspecified atom stereocenters. The van der Waals surface area contributed by atoms with Crippen LogP contribution in [-0.2, 0) is 24.5 Å². The first kappa shape index (κ1) is 22.0. The molecule has 2 heterocycles. The first-order valence-corrected chi connectivity index (χ1v) is 14.1. The second-order valence-electron chi connectivity index (χ2n) is 8.54. The van der Waals surface area contributed by atoms with Crippen molar-refractivity contribution in [1.29, 1.82) is 0 Å². The van der Waals surface area contributed by atoms with Gasteiger partial charge in [0.15, 0.2) is 24.4 Å². The maximum atomic E-state index is 13.5. The van der Waals surface area contributed by atoms with Crippen LogP contribution in [0.25, 0.3) is 0 Å². The van der Waals surface area contributed by atoms with E-state index >= 15 is 0 Å². The van der Waals surface area contributed by atoms with E-state index < -0.39 is 24.4 Å². The largest absolute Gasteiger partial charge is 0.339 e. The van der Waals surface area contributed by atoms with Gasteiger partial charge in [-0.25, -0.2) is 16.8 Å². The molecule has 30 heavy (non-hydrogen) atoms. The normalized spacial score (nSPS) is 26.7. The van der Waals surface area contributed by atoms with Gasteiger partial charge in [-0.1, -0.05) is 24.4 Å². The van der Waals surface area contributed by atoms with E-state index in [1.807, 2.05) is 0 Å². The number of piperazine rings is 1. The highest BCUT2D eigenvalue weighted by Gasteiger charge is 2.54. The van der Waals surface area contributed by atoms with Gasteiger partial charge in [0.05, 0.1) is 16.4 Å². The summed E-state index contributed by atoms with van der Waals surface area (Å²) >= 11 is 5.91. The van der Waals surface area contributed by atoms with Crippen LogP contribution in [0.2, 0.25) is 5.02 Å². The number of carbonyl (C=O) groups is 1. The molecular weight excluding hydrogens is 448 g/mol. The summed E-state index contributed by atoms with van der Waals surface area (Å²) in [5.74, 6) is 0.0865. The molecule has 0 N–H and O–H groups in total. The number of benzene rings is 1. The van der Waals surface area contributed by atoms with Crippen molar-refractivity contribution in [3.63, 3.8) is 0 Å². The van der Waals surface area contributed by atoms with E-state index in [1.165, 1.54) is 24.3 Å². The monoisotopic (exact) mass is 474 g/mol. The highest BCUT2D eigenvalue weighted by Crippen LogP contribution is 2.42. The number of rotatable bonds is 4. The second kappa shape index (κ2) is 8.07. The number of amides is 1. The Balaban J connectivity index is 1.51. The predicted octanol–water partition coefficient (Wildman–Crippen LogP) is 1.76. The summed E-state index contributed by atoms with van der Waals surface area (Å²) in [4.78, 5) is 17.5. The van der Waals surface area contributed by atoms with Crippen LogP contribution in [0.3, 0.4) is 0 Å². The maximum Gasteiger partial charge on any atom is 0.244 e. The highest BCUT2D eigenvalue weighted by atomic mass is 35.5. The maximum absolute atomic E-state index is 13.5. The fourth-order valence-electron chi connectivity index (χ4n) is 5.02. The Morgan fingerprint density at radius 1 is 1.03 bits per heavy atom. The molecule has 0 spiro atoms. The van der Waals surface area contributed by atoms with Gasteiger partial charge >= 0.3 is 0 Å². The highest BCUT2D eigenvalue weighted by molar-refractivity contribution is 7.93. The van der Waals surface area contributed by atoms with Gasteiger partial charge in [-0.15, -0.1) is 0 Å². The van der Waals surface area contributed by atoms with Crippen molar-refractivity contribution in [2.24, 2.45) is 0 Å². The van der Waals surface area contributed by atoms with Crippen LogP contribution in [0.1, 0.15) is 32.1 Å². The third-order valence-electron chi connectivity index (χ3n) is 6.77. The second-order valence-corrected chi connectivity index (χ2v) is 13.5. The standard InChI is InChI=1S/C20H27ClN2O5S2/c21-16-3-5-18(6-4-16)30(27,28)20(8-1-2-9-20)19(24)23-12-10-22(11-13-23)17-7-14-29(25,26)15-17/h3-6,17H,1-2,7-15H2. The van der Waals surface area contributed by atoms with Crippen LogP contribution in [0.4, 0.5) is 0 Å². The zero-order valence-electron chi connectivity index (χ0n) is 16.8. The molecule has 1 aromatic rings. The average molecular weight is 475 g/mol. The minimum absolute atomic E-state index is 0.00509. The number of carbonyl (C=O) groups excluding carboxylic acids is 1. The van der Waals surface area contributed by atoms with Crippen molar-refractivity contribution in [3.8, 4) is 0 Å². The third kappa shape index (κ3) is 3.89. The van der Waals surface area contributed by atoms with E-state index in [0.717, 1.165) is 0 Å². The Kier molecular flexibility index (Phi) is 5.93. The van der Waals surface area contributed by atoms with Crippen LogP contribution in [0.15, 0.2) is 29.2 Å². The van der Waals surface area contributed by atoms with Crippen molar-refractivity contribution >= 4 is 37.2 Å². The third-order valence-corrected chi connectivity index (χ3v) is 11.3. The fraction of sp³-hybridized carbons (Fsp3) is 0.650. The lowest BCUT2D eigenvalue weighted by atomic mass is 10.0. The molecule has 7 nitrogen and oxygen atoms in total. The topological polar surface area (TPSA) is 91.8 Å². The van der Waals surface area contributed by atoms with Gasteiger partial charge in [-0.05, 0) is 43.5 Å². The molecule has 2 aliphatic heterocycles. The van der Waals surface area contributed by atoms with E-state index in [4.69, 9.17) is 11.6 Å². The SMILES string of the molecule is O=C(N1CCN(C2CCS(=O)(=O)C2)CC1)C1(S(=O)(=O)c2ccc(Cl)cc2)CCCC1. The minimum Gasteiger partial charge on any atom is -0.339 e.